The van der Waals surface area contributed by atoms with Crippen LogP contribution in [0, 0.1) is 6.92 Å². The van der Waals surface area contributed by atoms with Crippen molar-refractivity contribution >= 4 is 22.6 Å². The Bertz CT molecular complexity index is 1300. The van der Waals surface area contributed by atoms with Crippen molar-refractivity contribution in [1.29, 1.82) is 0 Å². The first kappa shape index (κ1) is 19.9. The van der Waals surface area contributed by atoms with Crippen LogP contribution in [0.5, 0.6) is 5.75 Å². The molecule has 0 saturated carbocycles. The molecule has 2 N–H and O–H groups in total. The highest BCUT2D eigenvalue weighted by molar-refractivity contribution is 5.94. The molecule has 7 heteroatoms. The number of anilines is 1. The topological polar surface area (TPSA) is 91.2 Å². The van der Waals surface area contributed by atoms with Crippen LogP contribution in [0.3, 0.4) is 0 Å². The Kier molecular flexibility index (Phi) is 5.15. The predicted octanol–water partition coefficient (Wildman–Crippen LogP) is 4.21. The highest BCUT2D eigenvalue weighted by atomic mass is 16.3. The maximum atomic E-state index is 12.5. The van der Waals surface area contributed by atoms with Crippen molar-refractivity contribution < 1.29 is 12.8 Å². The van der Waals surface area contributed by atoms with Crippen LogP contribution in [0.15, 0.2) is 67.0 Å². The quantitative estimate of drug-likeness (QED) is 0.505. The number of hydrogen-bond donors (Lipinski definition) is 2. The average Bonchev–Trinajstić information content (AvgIpc) is 3.27. The molecule has 0 bridgehead atoms. The van der Waals surface area contributed by atoms with Crippen LogP contribution in [-0.2, 0) is 0 Å². The summed E-state index contributed by atoms with van der Waals surface area (Å²) in [6, 6.07) is 16.7. The number of aromatic nitrogens is 3. The molecule has 1 fully saturated rings. The van der Waals surface area contributed by atoms with Crippen molar-refractivity contribution in [2.75, 3.05) is 18.0 Å². The molecule has 32 heavy (non-hydrogen) atoms. The Hall–Kier alpha value is -4.00. The molecule has 7 nitrogen and oxygen atoms in total. The van der Waals surface area contributed by atoms with Crippen LogP contribution in [-0.4, -0.2) is 45.1 Å². The van der Waals surface area contributed by atoms with E-state index in [2.05, 4.69) is 15.2 Å². The lowest BCUT2D eigenvalue weighted by Crippen LogP contribution is -2.37. The van der Waals surface area contributed by atoms with Gasteiger partial charge < -0.3 is 15.3 Å². The second kappa shape index (κ2) is 8.26. The van der Waals surface area contributed by atoms with Crippen molar-refractivity contribution in [3.8, 4) is 17.1 Å². The molecule has 1 amide bonds. The first-order valence-electron chi connectivity index (χ1n) is 10.6. The predicted molar refractivity (Wildman–Crippen MR) is 128 cm³/mol. The number of benzene rings is 2. The molecule has 0 aliphatic carbocycles. The minimum Gasteiger partial charge on any atom is -0.507 e. The van der Waals surface area contributed by atoms with Gasteiger partial charge in [0.1, 0.15) is 11.6 Å². The Morgan fingerprint density at radius 2 is 2.03 bits per heavy atom. The highest BCUT2D eigenvalue weighted by Crippen LogP contribution is 2.33. The van der Waals surface area contributed by atoms with Gasteiger partial charge in [-0.1, -0.05) is 18.2 Å². The van der Waals surface area contributed by atoms with Crippen molar-refractivity contribution in [1.82, 2.24) is 20.3 Å². The number of hydrogen-bond acceptors (Lipinski definition) is 6. The standard InChI is InChI=1S/C25H23N5O2.2H2/c1-16-8-9-19-21(13-16)28-23(20-6-2-3-7-22(20)31)29-24(19)30-12-10-18(15-30)27-25(32)17-5-4-11-26-14-17;;/h2-9,11,13-14,18,31H,10,12,15H2,1H3,(H,27,32);2*1H/t18-;;/m1../s1. The van der Waals surface area contributed by atoms with Gasteiger partial charge in [-0.2, -0.15) is 0 Å². The van der Waals surface area contributed by atoms with E-state index in [0.29, 0.717) is 23.5 Å². The second-order valence-corrected chi connectivity index (χ2v) is 8.06. The lowest BCUT2D eigenvalue weighted by atomic mass is 10.1. The molecule has 4 aromatic rings. The molecule has 2 aromatic carbocycles. The highest BCUT2D eigenvalue weighted by Gasteiger charge is 2.27. The molecular weight excluding hydrogens is 402 g/mol. The number of nitrogens with one attached hydrogen (secondary N) is 1. The van der Waals surface area contributed by atoms with Gasteiger partial charge in [0, 0.05) is 39.8 Å². The third kappa shape index (κ3) is 3.85. The smallest absolute Gasteiger partial charge is 0.253 e. The van der Waals surface area contributed by atoms with Crippen LogP contribution in [0.2, 0.25) is 0 Å². The van der Waals surface area contributed by atoms with E-state index >= 15 is 0 Å². The van der Waals surface area contributed by atoms with Crippen LogP contribution >= 0.6 is 0 Å². The van der Waals surface area contributed by atoms with E-state index in [1.807, 2.05) is 37.3 Å². The monoisotopic (exact) mass is 429 g/mol. The largest absolute Gasteiger partial charge is 0.507 e. The van der Waals surface area contributed by atoms with E-state index in [4.69, 9.17) is 9.97 Å². The maximum Gasteiger partial charge on any atom is 0.253 e. The molecule has 5 rings (SSSR count). The lowest BCUT2D eigenvalue weighted by molar-refractivity contribution is 0.0940. The molecule has 1 aliphatic rings. The minimum absolute atomic E-state index is 0. The van der Waals surface area contributed by atoms with Gasteiger partial charge >= 0.3 is 0 Å². The summed E-state index contributed by atoms with van der Waals surface area (Å²) in [4.78, 5) is 28.3. The zero-order valence-electron chi connectivity index (χ0n) is 17.7. The molecule has 1 atom stereocenters. The number of carbonyl (C=O) groups is 1. The number of pyridine rings is 1. The Morgan fingerprint density at radius 1 is 1.16 bits per heavy atom. The number of phenolic OH excluding ortho intramolecular Hbond substituents is 1. The van der Waals surface area contributed by atoms with E-state index < -0.39 is 0 Å². The number of fused-ring (bicyclic) bond motifs is 1. The third-order valence-electron chi connectivity index (χ3n) is 5.72. The molecule has 1 saturated heterocycles. The fourth-order valence-electron chi connectivity index (χ4n) is 4.08. The number of para-hydroxylation sites is 1. The fourth-order valence-corrected chi connectivity index (χ4v) is 4.08. The van der Waals surface area contributed by atoms with E-state index in [-0.39, 0.29) is 20.6 Å². The van der Waals surface area contributed by atoms with Crippen molar-refractivity contribution in [2.24, 2.45) is 0 Å². The summed E-state index contributed by atoms with van der Waals surface area (Å²) in [5.74, 6) is 1.32. The summed E-state index contributed by atoms with van der Waals surface area (Å²) in [6.07, 6.45) is 4.04. The summed E-state index contributed by atoms with van der Waals surface area (Å²) in [6.45, 7) is 3.44. The van der Waals surface area contributed by atoms with Crippen LogP contribution < -0.4 is 10.2 Å². The van der Waals surface area contributed by atoms with Gasteiger partial charge in [-0.05, 0) is 55.3 Å². The minimum atomic E-state index is -0.122. The van der Waals surface area contributed by atoms with Gasteiger partial charge in [0.05, 0.1) is 16.6 Å². The Morgan fingerprint density at radius 3 is 2.84 bits per heavy atom. The van der Waals surface area contributed by atoms with Gasteiger partial charge in [0.15, 0.2) is 5.82 Å². The first-order valence-corrected chi connectivity index (χ1v) is 10.6. The van der Waals surface area contributed by atoms with Gasteiger partial charge in [-0.3, -0.25) is 9.78 Å². The van der Waals surface area contributed by atoms with Crippen molar-refractivity contribution in [2.45, 2.75) is 19.4 Å². The van der Waals surface area contributed by atoms with Crippen molar-refractivity contribution in [3.63, 3.8) is 0 Å². The molecular formula is C25H27N5O2. The normalized spacial score (nSPS) is 15.8. The summed E-state index contributed by atoms with van der Waals surface area (Å²) < 4.78 is 0. The molecule has 2 aromatic heterocycles. The third-order valence-corrected chi connectivity index (χ3v) is 5.72. The van der Waals surface area contributed by atoms with E-state index in [0.717, 1.165) is 35.2 Å². The van der Waals surface area contributed by atoms with Gasteiger partial charge in [0.2, 0.25) is 0 Å². The maximum absolute atomic E-state index is 12.5. The molecule has 3 heterocycles. The van der Waals surface area contributed by atoms with Gasteiger partial charge in [-0.15, -0.1) is 0 Å². The first-order chi connectivity index (χ1) is 15.6. The van der Waals surface area contributed by atoms with Crippen LogP contribution in [0.25, 0.3) is 22.3 Å². The summed E-state index contributed by atoms with van der Waals surface area (Å²) >= 11 is 0. The zero-order chi connectivity index (χ0) is 22.1. The van der Waals surface area contributed by atoms with E-state index in [1.165, 1.54) is 0 Å². The number of phenols is 1. The van der Waals surface area contributed by atoms with E-state index in [9.17, 15) is 9.90 Å². The number of amides is 1. The molecule has 0 radical (unpaired) electrons. The van der Waals surface area contributed by atoms with E-state index in [1.54, 1.807) is 36.7 Å². The molecule has 164 valence electrons. The fraction of sp³-hybridized carbons (Fsp3) is 0.200. The summed E-state index contributed by atoms with van der Waals surface area (Å²) in [5.41, 5.74) is 3.08. The summed E-state index contributed by atoms with van der Waals surface area (Å²) in [7, 11) is 0. The Labute approximate surface area is 188 Å². The molecule has 0 unspecified atom stereocenters. The Balaban J connectivity index is 0.00000162. The van der Waals surface area contributed by atoms with Crippen LogP contribution in [0.4, 0.5) is 5.82 Å². The number of aromatic hydroxyl groups is 1. The molecule has 1 aliphatic heterocycles. The number of aryl methyl sites for hydroxylation is 1. The molecule has 0 spiro atoms. The lowest BCUT2D eigenvalue weighted by Gasteiger charge is -2.21. The number of carbonyl (C=O) groups excluding carboxylic acids is 1. The number of rotatable bonds is 4. The van der Waals surface area contributed by atoms with Crippen molar-refractivity contribution in [3.05, 3.63) is 78.1 Å². The second-order valence-electron chi connectivity index (χ2n) is 8.06. The number of nitrogens with zero attached hydrogens (tertiary/aromatic N) is 4. The average molecular weight is 430 g/mol. The zero-order valence-corrected chi connectivity index (χ0v) is 17.7. The van der Waals surface area contributed by atoms with Crippen LogP contribution in [0.1, 0.15) is 25.2 Å². The van der Waals surface area contributed by atoms with Gasteiger partial charge in [0.25, 0.3) is 5.91 Å². The van der Waals surface area contributed by atoms with Gasteiger partial charge in [-0.25, -0.2) is 9.97 Å². The SMILES string of the molecule is Cc1ccc2c(N3CC[C@@H](NC(=O)c4cccnc4)C3)nc(-c3ccccc3O)nc2c1.[HH].[HH]. The summed E-state index contributed by atoms with van der Waals surface area (Å²) in [5, 5.41) is 14.4.